The zero-order valence-electron chi connectivity index (χ0n) is 22.1. The van der Waals surface area contributed by atoms with Crippen LogP contribution in [0.25, 0.3) is 10.2 Å². The number of benzene rings is 1. The summed E-state index contributed by atoms with van der Waals surface area (Å²) in [5.74, 6) is 0.761. The second kappa shape index (κ2) is 10.6. The molecule has 0 unspecified atom stereocenters. The molecule has 1 aliphatic heterocycles. The number of carbonyl (C=O) groups excluding carboxylic acids is 3. The van der Waals surface area contributed by atoms with Gasteiger partial charge in [-0.05, 0) is 56.4 Å². The number of rotatable bonds is 6. The SMILES string of the molecule is CC(=O)N[C@@H]1CCC[C@@H](NC(=O)c2sc3nccc4c3c2NC(=O)N4c2cnc(Oc3ccccc3)cc2C)C1. The van der Waals surface area contributed by atoms with Gasteiger partial charge < -0.3 is 20.7 Å². The van der Waals surface area contributed by atoms with Crippen molar-refractivity contribution in [3.63, 3.8) is 0 Å². The normalized spacial score (nSPS) is 18.2. The van der Waals surface area contributed by atoms with Gasteiger partial charge in [-0.25, -0.2) is 14.8 Å². The Bertz CT molecular complexity index is 1620. The highest BCUT2D eigenvalue weighted by Crippen LogP contribution is 2.46. The summed E-state index contributed by atoms with van der Waals surface area (Å²) in [6, 6.07) is 12.5. The van der Waals surface area contributed by atoms with Crippen molar-refractivity contribution in [2.75, 3.05) is 10.2 Å². The summed E-state index contributed by atoms with van der Waals surface area (Å²) in [7, 11) is 0. The maximum Gasteiger partial charge on any atom is 0.331 e. The van der Waals surface area contributed by atoms with Gasteiger partial charge in [0.25, 0.3) is 5.91 Å². The molecule has 4 aromatic rings. The highest BCUT2D eigenvalue weighted by molar-refractivity contribution is 7.21. The first kappa shape index (κ1) is 25.8. The van der Waals surface area contributed by atoms with Crippen molar-refractivity contribution >= 4 is 56.5 Å². The van der Waals surface area contributed by atoms with Crippen LogP contribution in [0.5, 0.6) is 11.6 Å². The third kappa shape index (κ3) is 4.95. The van der Waals surface area contributed by atoms with E-state index in [0.717, 1.165) is 24.8 Å². The van der Waals surface area contributed by atoms with Crippen molar-refractivity contribution in [1.82, 2.24) is 20.6 Å². The number of carbonyl (C=O) groups is 3. The minimum Gasteiger partial charge on any atom is -0.439 e. The van der Waals surface area contributed by atoms with E-state index >= 15 is 0 Å². The fourth-order valence-corrected chi connectivity index (χ4v) is 6.42. The van der Waals surface area contributed by atoms with Crippen LogP contribution in [0.4, 0.5) is 21.9 Å². The lowest BCUT2D eigenvalue weighted by Crippen LogP contribution is -2.45. The van der Waals surface area contributed by atoms with Gasteiger partial charge in [-0.2, -0.15) is 0 Å². The first-order valence-corrected chi connectivity index (χ1v) is 14.0. The summed E-state index contributed by atoms with van der Waals surface area (Å²) in [5, 5.41) is 9.72. The number of nitrogens with one attached hydrogen (secondary N) is 3. The summed E-state index contributed by atoms with van der Waals surface area (Å²) in [5.41, 5.74) is 2.48. The van der Waals surface area contributed by atoms with Crippen LogP contribution >= 0.6 is 11.3 Å². The minimum absolute atomic E-state index is 0.0418. The Morgan fingerprint density at radius 3 is 2.60 bits per heavy atom. The molecule has 10 nitrogen and oxygen atoms in total. The molecule has 1 aromatic carbocycles. The number of amides is 4. The van der Waals surface area contributed by atoms with Gasteiger partial charge in [0.1, 0.15) is 15.5 Å². The third-order valence-corrected chi connectivity index (χ3v) is 8.23. The average Bonchev–Trinajstić information content (AvgIpc) is 3.29. The number of thiophene rings is 1. The predicted molar refractivity (Wildman–Crippen MR) is 154 cm³/mol. The molecule has 4 heterocycles. The number of anilines is 3. The zero-order chi connectivity index (χ0) is 27.8. The van der Waals surface area contributed by atoms with E-state index in [0.29, 0.717) is 50.2 Å². The number of aromatic nitrogens is 2. The molecule has 0 spiro atoms. The van der Waals surface area contributed by atoms with E-state index in [4.69, 9.17) is 4.74 Å². The summed E-state index contributed by atoms with van der Waals surface area (Å²) < 4.78 is 5.86. The van der Waals surface area contributed by atoms with Gasteiger partial charge in [-0.15, -0.1) is 11.3 Å². The summed E-state index contributed by atoms with van der Waals surface area (Å²) in [4.78, 5) is 50.0. The first-order chi connectivity index (χ1) is 19.4. The lowest BCUT2D eigenvalue weighted by molar-refractivity contribution is -0.119. The van der Waals surface area contributed by atoms with Crippen LogP contribution in [-0.2, 0) is 4.79 Å². The molecule has 204 valence electrons. The number of hydrogen-bond donors (Lipinski definition) is 3. The Morgan fingerprint density at radius 2 is 1.85 bits per heavy atom. The van der Waals surface area contributed by atoms with Crippen molar-refractivity contribution in [1.29, 1.82) is 0 Å². The molecular formula is C29H28N6O4S. The number of aryl methyl sites for hydroxylation is 1. The Hall–Kier alpha value is -4.51. The maximum absolute atomic E-state index is 13.5. The molecule has 3 aromatic heterocycles. The molecule has 2 aliphatic rings. The molecule has 1 fully saturated rings. The fraction of sp³-hybridized carbons (Fsp3) is 0.276. The van der Waals surface area contributed by atoms with E-state index < -0.39 is 6.03 Å². The minimum atomic E-state index is -0.391. The monoisotopic (exact) mass is 556 g/mol. The van der Waals surface area contributed by atoms with Crippen molar-refractivity contribution < 1.29 is 19.1 Å². The highest BCUT2D eigenvalue weighted by atomic mass is 32.1. The molecule has 0 radical (unpaired) electrons. The molecule has 1 aliphatic carbocycles. The number of para-hydroxylation sites is 1. The molecular weight excluding hydrogens is 528 g/mol. The van der Waals surface area contributed by atoms with Gasteiger partial charge in [0, 0.05) is 31.3 Å². The number of nitrogens with zero attached hydrogens (tertiary/aromatic N) is 3. The van der Waals surface area contributed by atoms with Crippen LogP contribution in [0.3, 0.4) is 0 Å². The topological polar surface area (TPSA) is 126 Å². The van der Waals surface area contributed by atoms with Crippen molar-refractivity contribution in [2.24, 2.45) is 0 Å². The highest BCUT2D eigenvalue weighted by Gasteiger charge is 2.34. The Labute approximate surface area is 234 Å². The Balaban J connectivity index is 1.28. The molecule has 3 N–H and O–H groups in total. The van der Waals surface area contributed by atoms with Crippen LogP contribution in [0.2, 0.25) is 0 Å². The first-order valence-electron chi connectivity index (χ1n) is 13.2. The Morgan fingerprint density at radius 1 is 1.07 bits per heavy atom. The number of ether oxygens (including phenoxy) is 1. The molecule has 4 amide bonds. The lowest BCUT2D eigenvalue weighted by atomic mass is 9.91. The Kier molecular flexibility index (Phi) is 6.81. The van der Waals surface area contributed by atoms with Crippen molar-refractivity contribution in [3.05, 3.63) is 65.3 Å². The average molecular weight is 557 g/mol. The van der Waals surface area contributed by atoms with E-state index in [1.807, 2.05) is 37.3 Å². The van der Waals surface area contributed by atoms with E-state index in [1.54, 1.807) is 29.4 Å². The molecule has 1 saturated carbocycles. The van der Waals surface area contributed by atoms with Crippen LogP contribution < -0.4 is 25.6 Å². The molecule has 11 heteroatoms. The van der Waals surface area contributed by atoms with Gasteiger partial charge in [0.15, 0.2) is 0 Å². The van der Waals surface area contributed by atoms with E-state index in [2.05, 4.69) is 25.9 Å². The van der Waals surface area contributed by atoms with Crippen molar-refractivity contribution in [2.45, 2.75) is 51.6 Å². The van der Waals surface area contributed by atoms with Crippen LogP contribution in [0.1, 0.15) is 47.8 Å². The lowest BCUT2D eigenvalue weighted by Gasteiger charge is -2.30. The molecule has 0 saturated heterocycles. The van der Waals surface area contributed by atoms with Gasteiger partial charge >= 0.3 is 6.03 Å². The number of hydrogen-bond acceptors (Lipinski definition) is 7. The van der Waals surface area contributed by atoms with Gasteiger partial charge in [0.05, 0.1) is 28.6 Å². The summed E-state index contributed by atoms with van der Waals surface area (Å²) in [6.45, 7) is 3.39. The molecule has 2 atom stereocenters. The number of urea groups is 1. The summed E-state index contributed by atoms with van der Waals surface area (Å²) >= 11 is 1.25. The predicted octanol–water partition coefficient (Wildman–Crippen LogP) is 5.65. The molecule has 40 heavy (non-hydrogen) atoms. The largest absolute Gasteiger partial charge is 0.439 e. The molecule has 6 rings (SSSR count). The quantitative estimate of drug-likeness (QED) is 0.282. The van der Waals surface area contributed by atoms with E-state index in [9.17, 15) is 14.4 Å². The van der Waals surface area contributed by atoms with Gasteiger partial charge in [-0.3, -0.25) is 14.5 Å². The standard InChI is InChI=1S/C29H28N6O4S/c1-16-13-23(39-20-9-4-3-5-10-20)31-15-22(16)35-21-11-12-30-28-24(21)25(34-29(35)38)26(40-28)27(37)33-19-8-6-7-18(14-19)32-17(2)36/h3-5,9-13,15,18-19H,6-8,14H2,1-2H3,(H,32,36)(H,33,37)(H,34,38)/t18-,19-/m1/s1. The van der Waals surface area contributed by atoms with Crippen molar-refractivity contribution in [3.8, 4) is 11.6 Å². The van der Waals surface area contributed by atoms with E-state index in [1.165, 1.54) is 18.3 Å². The van der Waals surface area contributed by atoms with E-state index in [-0.39, 0.29) is 23.9 Å². The summed E-state index contributed by atoms with van der Waals surface area (Å²) in [6.07, 6.45) is 6.56. The molecule has 0 bridgehead atoms. The number of pyridine rings is 2. The van der Waals surface area contributed by atoms with Crippen LogP contribution in [-0.4, -0.2) is 39.9 Å². The van der Waals surface area contributed by atoms with Gasteiger partial charge in [0.2, 0.25) is 11.8 Å². The second-order valence-electron chi connectivity index (χ2n) is 10.0. The maximum atomic E-state index is 13.5. The zero-order valence-corrected chi connectivity index (χ0v) is 22.9. The van der Waals surface area contributed by atoms with Crippen LogP contribution in [0.15, 0.2) is 54.9 Å². The van der Waals surface area contributed by atoms with Crippen LogP contribution in [0, 0.1) is 6.92 Å². The van der Waals surface area contributed by atoms with Gasteiger partial charge in [-0.1, -0.05) is 18.2 Å². The third-order valence-electron chi connectivity index (χ3n) is 7.13. The fourth-order valence-electron chi connectivity index (χ4n) is 5.40. The smallest absolute Gasteiger partial charge is 0.331 e. The second-order valence-corrected chi connectivity index (χ2v) is 11.0.